The van der Waals surface area contributed by atoms with Gasteiger partial charge in [0.1, 0.15) is 11.9 Å². The second kappa shape index (κ2) is 4.85. The third-order valence-electron chi connectivity index (χ3n) is 2.92. The summed E-state index contributed by atoms with van der Waals surface area (Å²) in [7, 11) is 1.79. The van der Waals surface area contributed by atoms with Gasteiger partial charge in [0, 0.05) is 19.7 Å². The molecule has 2 unspecified atom stereocenters. The number of nitrogens with two attached hydrogens (primary N) is 1. The molecule has 6 heteroatoms. The van der Waals surface area contributed by atoms with Crippen molar-refractivity contribution in [1.82, 2.24) is 9.78 Å². The molecule has 1 aromatic heterocycles. The van der Waals surface area contributed by atoms with Crippen LogP contribution in [-0.4, -0.2) is 34.4 Å². The van der Waals surface area contributed by atoms with Crippen LogP contribution in [0.3, 0.4) is 0 Å². The topological polar surface area (TPSA) is 82.2 Å². The summed E-state index contributed by atoms with van der Waals surface area (Å²) in [4.78, 5) is 11.9. The lowest BCUT2D eigenvalue weighted by Gasteiger charge is -2.12. The average molecular weight is 238 g/mol. The quantitative estimate of drug-likeness (QED) is 0.786. The number of nitrogens with zero attached hydrogens (tertiary/aromatic N) is 2. The Morgan fingerprint density at radius 1 is 1.71 bits per heavy atom. The Hall–Kier alpha value is -1.40. The molecule has 1 aliphatic rings. The molecular formula is C11H18N4O2. The lowest BCUT2D eigenvalue weighted by Crippen LogP contribution is -2.30. The maximum Gasteiger partial charge on any atom is 0.254 e. The van der Waals surface area contributed by atoms with Crippen molar-refractivity contribution >= 4 is 11.7 Å². The van der Waals surface area contributed by atoms with E-state index in [1.54, 1.807) is 11.7 Å². The zero-order valence-electron chi connectivity index (χ0n) is 10.1. The molecule has 0 aromatic carbocycles. The first-order valence-corrected chi connectivity index (χ1v) is 5.77. The highest BCUT2D eigenvalue weighted by Crippen LogP contribution is 2.20. The Morgan fingerprint density at radius 2 is 2.47 bits per heavy atom. The molecule has 0 radical (unpaired) electrons. The van der Waals surface area contributed by atoms with Crippen LogP contribution in [0, 0.1) is 6.92 Å². The summed E-state index contributed by atoms with van der Waals surface area (Å²) in [6, 6.07) is 1.83. The number of carbonyl (C=O) groups excluding carboxylic acids is 1. The predicted molar refractivity (Wildman–Crippen MR) is 63.5 cm³/mol. The third kappa shape index (κ3) is 2.65. The fourth-order valence-corrected chi connectivity index (χ4v) is 2.01. The van der Waals surface area contributed by atoms with Gasteiger partial charge >= 0.3 is 0 Å². The molecule has 1 saturated heterocycles. The van der Waals surface area contributed by atoms with Crippen LogP contribution in [0.25, 0.3) is 0 Å². The monoisotopic (exact) mass is 238 g/mol. The number of aryl methyl sites for hydroxylation is 2. The van der Waals surface area contributed by atoms with Crippen LogP contribution >= 0.6 is 0 Å². The predicted octanol–water partition coefficient (Wildman–Crippen LogP) is 0.173. The zero-order valence-corrected chi connectivity index (χ0v) is 10.1. The molecule has 1 aromatic rings. The number of hydrogen-bond donors (Lipinski definition) is 2. The molecule has 0 bridgehead atoms. The second-order valence-electron chi connectivity index (χ2n) is 4.34. The first-order valence-electron chi connectivity index (χ1n) is 5.77. The molecule has 0 spiro atoms. The summed E-state index contributed by atoms with van der Waals surface area (Å²) in [5.41, 5.74) is 6.38. The van der Waals surface area contributed by atoms with Gasteiger partial charge in [0.2, 0.25) is 0 Å². The Kier molecular flexibility index (Phi) is 3.44. The Bertz CT molecular complexity index is 416. The van der Waals surface area contributed by atoms with Crippen LogP contribution in [-0.2, 0) is 16.6 Å². The summed E-state index contributed by atoms with van der Waals surface area (Å²) in [5, 5.41) is 6.98. The maximum atomic E-state index is 11.9. The molecule has 17 heavy (non-hydrogen) atoms. The highest BCUT2D eigenvalue weighted by molar-refractivity contribution is 5.93. The van der Waals surface area contributed by atoms with Gasteiger partial charge in [-0.2, -0.15) is 5.10 Å². The van der Waals surface area contributed by atoms with E-state index in [2.05, 4.69) is 10.4 Å². The molecule has 2 rings (SSSR count). The summed E-state index contributed by atoms with van der Waals surface area (Å²) < 4.78 is 7.17. The van der Waals surface area contributed by atoms with Crippen LogP contribution in [0.2, 0.25) is 0 Å². The van der Waals surface area contributed by atoms with E-state index in [0.717, 1.165) is 18.5 Å². The molecular weight excluding hydrogens is 220 g/mol. The average Bonchev–Trinajstić information content (AvgIpc) is 2.86. The van der Waals surface area contributed by atoms with Crippen LogP contribution in [0.15, 0.2) is 6.07 Å². The summed E-state index contributed by atoms with van der Waals surface area (Å²) in [6.07, 6.45) is 1.20. The largest absolute Gasteiger partial charge is 0.364 e. The maximum absolute atomic E-state index is 11.9. The van der Waals surface area contributed by atoms with Gasteiger partial charge in [-0.25, -0.2) is 0 Å². The fourth-order valence-electron chi connectivity index (χ4n) is 2.01. The minimum atomic E-state index is -0.390. The van der Waals surface area contributed by atoms with Gasteiger partial charge in [-0.3, -0.25) is 9.48 Å². The number of anilines is 1. The SMILES string of the molecule is Cc1cc(NC(=O)C2CCC(CN)O2)n(C)n1. The van der Waals surface area contributed by atoms with Crippen LogP contribution in [0.4, 0.5) is 5.82 Å². The van der Waals surface area contributed by atoms with E-state index in [1.165, 1.54) is 0 Å². The lowest BCUT2D eigenvalue weighted by atomic mass is 10.2. The van der Waals surface area contributed by atoms with Crippen molar-refractivity contribution in [3.05, 3.63) is 11.8 Å². The smallest absolute Gasteiger partial charge is 0.254 e. The Balaban J connectivity index is 1.96. The van der Waals surface area contributed by atoms with E-state index >= 15 is 0 Å². The molecule has 2 atom stereocenters. The molecule has 1 aliphatic heterocycles. The second-order valence-corrected chi connectivity index (χ2v) is 4.34. The number of carbonyl (C=O) groups is 1. The summed E-state index contributed by atoms with van der Waals surface area (Å²) >= 11 is 0. The van der Waals surface area contributed by atoms with Crippen LogP contribution in [0.1, 0.15) is 18.5 Å². The molecule has 94 valence electrons. The first-order chi connectivity index (χ1) is 8.10. The highest BCUT2D eigenvalue weighted by atomic mass is 16.5. The van der Waals surface area contributed by atoms with E-state index < -0.39 is 6.10 Å². The number of ether oxygens (including phenoxy) is 1. The molecule has 1 amide bonds. The number of aromatic nitrogens is 2. The van der Waals surface area contributed by atoms with E-state index in [0.29, 0.717) is 12.4 Å². The Labute approximate surface area is 100 Å². The normalized spacial score (nSPS) is 23.9. The molecule has 0 saturated carbocycles. The molecule has 2 heterocycles. The molecule has 1 fully saturated rings. The van der Waals surface area contributed by atoms with Crippen molar-refractivity contribution in [1.29, 1.82) is 0 Å². The minimum absolute atomic E-state index is 0.0130. The molecule has 3 N–H and O–H groups in total. The highest BCUT2D eigenvalue weighted by Gasteiger charge is 2.30. The van der Waals surface area contributed by atoms with Gasteiger partial charge in [-0.15, -0.1) is 0 Å². The standard InChI is InChI=1S/C11H18N4O2/c1-7-5-10(15(2)14-7)13-11(16)9-4-3-8(6-12)17-9/h5,8-9H,3-4,6,12H2,1-2H3,(H,13,16). The van der Waals surface area contributed by atoms with Crippen molar-refractivity contribution in [3.63, 3.8) is 0 Å². The summed E-state index contributed by atoms with van der Waals surface area (Å²) in [6.45, 7) is 2.35. The van der Waals surface area contributed by atoms with E-state index in [1.807, 2.05) is 13.0 Å². The minimum Gasteiger partial charge on any atom is -0.364 e. The van der Waals surface area contributed by atoms with Crippen molar-refractivity contribution < 1.29 is 9.53 Å². The van der Waals surface area contributed by atoms with E-state index in [-0.39, 0.29) is 12.0 Å². The van der Waals surface area contributed by atoms with Gasteiger partial charge in [-0.1, -0.05) is 0 Å². The van der Waals surface area contributed by atoms with Gasteiger partial charge in [0.05, 0.1) is 11.8 Å². The zero-order chi connectivity index (χ0) is 12.4. The fraction of sp³-hybridized carbons (Fsp3) is 0.636. The lowest BCUT2D eigenvalue weighted by molar-refractivity contribution is -0.126. The summed E-state index contributed by atoms with van der Waals surface area (Å²) in [5.74, 6) is 0.566. The van der Waals surface area contributed by atoms with Crippen LogP contribution in [0.5, 0.6) is 0 Å². The number of nitrogens with one attached hydrogen (secondary N) is 1. The van der Waals surface area contributed by atoms with Gasteiger partial charge in [0.25, 0.3) is 5.91 Å². The number of amides is 1. The number of rotatable bonds is 3. The Morgan fingerprint density at radius 3 is 3.00 bits per heavy atom. The molecule has 6 nitrogen and oxygen atoms in total. The van der Waals surface area contributed by atoms with Gasteiger partial charge in [0.15, 0.2) is 0 Å². The van der Waals surface area contributed by atoms with E-state index in [4.69, 9.17) is 10.5 Å². The van der Waals surface area contributed by atoms with Crippen LogP contribution < -0.4 is 11.1 Å². The third-order valence-corrected chi connectivity index (χ3v) is 2.92. The number of hydrogen-bond acceptors (Lipinski definition) is 4. The molecule has 0 aliphatic carbocycles. The van der Waals surface area contributed by atoms with E-state index in [9.17, 15) is 4.79 Å². The van der Waals surface area contributed by atoms with Gasteiger partial charge < -0.3 is 15.8 Å². The van der Waals surface area contributed by atoms with Crippen molar-refractivity contribution in [2.24, 2.45) is 12.8 Å². The van der Waals surface area contributed by atoms with Crippen molar-refractivity contribution in [3.8, 4) is 0 Å². The van der Waals surface area contributed by atoms with Gasteiger partial charge in [-0.05, 0) is 19.8 Å². The van der Waals surface area contributed by atoms with Crippen molar-refractivity contribution in [2.45, 2.75) is 32.0 Å². The first kappa shape index (κ1) is 12.1. The van der Waals surface area contributed by atoms with Crippen molar-refractivity contribution in [2.75, 3.05) is 11.9 Å².